The van der Waals surface area contributed by atoms with Crippen molar-refractivity contribution in [3.8, 4) is 0 Å². The van der Waals surface area contributed by atoms with Gasteiger partial charge in [-0.25, -0.2) is 5.01 Å². The first kappa shape index (κ1) is 29.9. The lowest BCUT2D eigenvalue weighted by atomic mass is 10.0. The maximum atomic E-state index is 6.15. The lowest BCUT2D eigenvalue weighted by Crippen LogP contribution is -2.32. The molecular weight excluding hydrogens is 364 g/mol. The van der Waals surface area contributed by atoms with Crippen molar-refractivity contribution in [3.05, 3.63) is 0 Å². The van der Waals surface area contributed by atoms with Gasteiger partial charge >= 0.3 is 0 Å². The number of nitrogens with two attached hydrogens (primary N) is 1. The lowest BCUT2D eigenvalue weighted by molar-refractivity contribution is 0.268. The van der Waals surface area contributed by atoms with Gasteiger partial charge < -0.3 is 0 Å². The topological polar surface area (TPSA) is 29.3 Å². The van der Waals surface area contributed by atoms with Crippen LogP contribution in [0, 0.1) is 0 Å². The van der Waals surface area contributed by atoms with E-state index < -0.39 is 0 Å². The molecule has 0 saturated heterocycles. The van der Waals surface area contributed by atoms with Gasteiger partial charge in [-0.05, 0) is 12.8 Å². The van der Waals surface area contributed by atoms with Crippen molar-refractivity contribution in [2.24, 2.45) is 5.84 Å². The standard InChI is InChI=1S/C28H60N2/c1-3-5-7-9-11-13-14-15-16-17-18-19-20-22-24-26-28-30(29)27-25-23-21-12-10-8-6-4-2/h3-29H2,1-2H3. The Bertz CT molecular complexity index is 292. The highest BCUT2D eigenvalue weighted by Gasteiger charge is 2.00. The van der Waals surface area contributed by atoms with E-state index in [9.17, 15) is 0 Å². The minimum Gasteiger partial charge on any atom is -0.269 e. The molecule has 2 nitrogen and oxygen atoms in total. The average Bonchev–Trinajstić information content (AvgIpc) is 2.75. The van der Waals surface area contributed by atoms with Gasteiger partial charge in [-0.2, -0.15) is 0 Å². The molecule has 0 rings (SSSR count). The zero-order chi connectivity index (χ0) is 22.0. The summed E-state index contributed by atoms with van der Waals surface area (Å²) in [6.45, 7) is 6.77. The van der Waals surface area contributed by atoms with E-state index in [4.69, 9.17) is 5.84 Å². The van der Waals surface area contributed by atoms with E-state index in [0.29, 0.717) is 0 Å². The van der Waals surface area contributed by atoms with Gasteiger partial charge in [-0.1, -0.05) is 155 Å². The van der Waals surface area contributed by atoms with E-state index in [-0.39, 0.29) is 0 Å². The molecule has 0 fully saturated rings. The van der Waals surface area contributed by atoms with E-state index in [1.54, 1.807) is 0 Å². The number of rotatable bonds is 26. The van der Waals surface area contributed by atoms with Crippen molar-refractivity contribution < 1.29 is 0 Å². The van der Waals surface area contributed by atoms with Crippen LogP contribution in [-0.2, 0) is 0 Å². The molecule has 0 amide bonds. The van der Waals surface area contributed by atoms with E-state index in [2.05, 4.69) is 18.9 Å². The number of hydrogen-bond acceptors (Lipinski definition) is 2. The summed E-state index contributed by atoms with van der Waals surface area (Å²) in [5, 5.41) is 2.07. The lowest BCUT2D eigenvalue weighted by Gasteiger charge is -2.15. The first-order valence-corrected chi connectivity index (χ1v) is 14.3. The zero-order valence-corrected chi connectivity index (χ0v) is 21.4. The number of unbranched alkanes of at least 4 members (excludes halogenated alkanes) is 22. The Morgan fingerprint density at radius 2 is 0.533 bits per heavy atom. The molecule has 0 aromatic carbocycles. The quantitative estimate of drug-likeness (QED) is 0.0850. The second kappa shape index (κ2) is 27.0. The summed E-state index contributed by atoms with van der Waals surface area (Å²) in [6.07, 6.45) is 34.0. The van der Waals surface area contributed by atoms with E-state index >= 15 is 0 Å². The van der Waals surface area contributed by atoms with Gasteiger partial charge in [0.05, 0.1) is 0 Å². The molecule has 0 aliphatic heterocycles. The molecule has 182 valence electrons. The van der Waals surface area contributed by atoms with Crippen LogP contribution in [0.4, 0.5) is 0 Å². The van der Waals surface area contributed by atoms with Crippen molar-refractivity contribution in [2.75, 3.05) is 13.1 Å². The molecule has 0 saturated carbocycles. The molecule has 0 atom stereocenters. The Hall–Kier alpha value is -0.0800. The largest absolute Gasteiger partial charge is 0.269 e. The summed E-state index contributed by atoms with van der Waals surface area (Å²) in [5.41, 5.74) is 0. The van der Waals surface area contributed by atoms with Crippen LogP contribution in [0.25, 0.3) is 0 Å². The third kappa shape index (κ3) is 26.0. The normalized spacial score (nSPS) is 11.6. The molecule has 2 heteroatoms. The Balaban J connectivity index is 3.11. The molecule has 0 bridgehead atoms. The van der Waals surface area contributed by atoms with Gasteiger partial charge in [0.1, 0.15) is 0 Å². The van der Waals surface area contributed by atoms with Crippen molar-refractivity contribution in [1.29, 1.82) is 0 Å². The van der Waals surface area contributed by atoms with E-state index in [1.807, 2.05) is 0 Å². The van der Waals surface area contributed by atoms with Crippen molar-refractivity contribution in [1.82, 2.24) is 5.01 Å². The fourth-order valence-electron chi connectivity index (χ4n) is 4.42. The van der Waals surface area contributed by atoms with Gasteiger partial charge in [0.2, 0.25) is 0 Å². The van der Waals surface area contributed by atoms with Gasteiger partial charge in [0.25, 0.3) is 0 Å². The van der Waals surface area contributed by atoms with Gasteiger partial charge in [-0.3, -0.25) is 5.84 Å². The molecule has 2 N–H and O–H groups in total. The molecule has 0 aliphatic rings. The fourth-order valence-corrected chi connectivity index (χ4v) is 4.42. The maximum absolute atomic E-state index is 6.15. The highest BCUT2D eigenvalue weighted by atomic mass is 15.4. The number of hydrazine groups is 1. The van der Waals surface area contributed by atoms with Gasteiger partial charge in [0.15, 0.2) is 0 Å². The maximum Gasteiger partial charge on any atom is 0.0128 e. The Kier molecular flexibility index (Phi) is 26.9. The highest BCUT2D eigenvalue weighted by Crippen LogP contribution is 2.14. The number of nitrogens with zero attached hydrogens (tertiary/aromatic N) is 1. The summed E-state index contributed by atoms with van der Waals surface area (Å²) in [5.74, 6) is 6.15. The second-order valence-corrected chi connectivity index (χ2v) is 9.81. The third-order valence-corrected chi connectivity index (χ3v) is 6.60. The number of hydrogen-bond donors (Lipinski definition) is 1. The molecule has 0 aromatic heterocycles. The predicted molar refractivity (Wildman–Crippen MR) is 138 cm³/mol. The molecule has 0 aromatic rings. The SMILES string of the molecule is CCCCCCCCCCCCCCCCCCN(N)CCCCCCCCCC. The van der Waals surface area contributed by atoms with Crippen molar-refractivity contribution in [3.63, 3.8) is 0 Å². The van der Waals surface area contributed by atoms with Crippen LogP contribution in [0.3, 0.4) is 0 Å². The monoisotopic (exact) mass is 424 g/mol. The summed E-state index contributed by atoms with van der Waals surface area (Å²) >= 11 is 0. The highest BCUT2D eigenvalue weighted by molar-refractivity contribution is 4.54. The van der Waals surface area contributed by atoms with Crippen molar-refractivity contribution in [2.45, 2.75) is 168 Å². The van der Waals surface area contributed by atoms with Crippen LogP contribution < -0.4 is 5.84 Å². The molecule has 0 spiro atoms. The van der Waals surface area contributed by atoms with Crippen molar-refractivity contribution >= 4 is 0 Å². The van der Waals surface area contributed by atoms with E-state index in [0.717, 1.165) is 13.1 Å². The van der Waals surface area contributed by atoms with Crippen LogP contribution in [0.15, 0.2) is 0 Å². The zero-order valence-electron chi connectivity index (χ0n) is 21.4. The minimum absolute atomic E-state index is 1.09. The second-order valence-electron chi connectivity index (χ2n) is 9.81. The molecule has 0 radical (unpaired) electrons. The summed E-state index contributed by atoms with van der Waals surface area (Å²) in [4.78, 5) is 0. The third-order valence-electron chi connectivity index (χ3n) is 6.60. The van der Waals surface area contributed by atoms with Gasteiger partial charge in [-0.15, -0.1) is 0 Å². The summed E-state index contributed by atoms with van der Waals surface area (Å²) in [6, 6.07) is 0. The van der Waals surface area contributed by atoms with Gasteiger partial charge in [0, 0.05) is 13.1 Å². The van der Waals surface area contributed by atoms with E-state index in [1.165, 1.54) is 154 Å². The van der Waals surface area contributed by atoms with Crippen LogP contribution >= 0.6 is 0 Å². The first-order valence-electron chi connectivity index (χ1n) is 14.3. The Morgan fingerprint density at radius 3 is 0.767 bits per heavy atom. The first-order chi connectivity index (χ1) is 14.8. The Morgan fingerprint density at radius 1 is 0.333 bits per heavy atom. The molecular formula is C28H60N2. The fraction of sp³-hybridized carbons (Fsp3) is 1.00. The molecule has 30 heavy (non-hydrogen) atoms. The molecule has 0 unspecified atom stereocenters. The van der Waals surface area contributed by atoms with Crippen LogP contribution in [-0.4, -0.2) is 18.1 Å². The van der Waals surface area contributed by atoms with Crippen LogP contribution in [0.2, 0.25) is 0 Å². The van der Waals surface area contributed by atoms with Crippen LogP contribution in [0.1, 0.15) is 168 Å². The average molecular weight is 425 g/mol. The minimum atomic E-state index is 1.09. The van der Waals surface area contributed by atoms with Crippen LogP contribution in [0.5, 0.6) is 0 Å². The molecule has 0 heterocycles. The summed E-state index contributed by atoms with van der Waals surface area (Å²) in [7, 11) is 0. The smallest absolute Gasteiger partial charge is 0.0128 e. The summed E-state index contributed by atoms with van der Waals surface area (Å²) < 4.78 is 0. The molecule has 0 aliphatic carbocycles. The predicted octanol–water partition coefficient (Wildman–Crippen LogP) is 9.56. The Labute approximate surface area is 192 Å².